The molecule has 78 valence electrons. The Morgan fingerprint density at radius 2 is 2.20 bits per heavy atom. The van der Waals surface area contributed by atoms with Crippen LogP contribution in [0.1, 0.15) is 12.5 Å². The molecule has 15 heavy (non-hydrogen) atoms. The minimum absolute atomic E-state index is 0.0692. The van der Waals surface area contributed by atoms with Gasteiger partial charge in [0.2, 0.25) is 0 Å². The lowest BCUT2D eigenvalue weighted by Gasteiger charge is -2.02. The molecule has 0 spiro atoms. The summed E-state index contributed by atoms with van der Waals surface area (Å²) in [5.74, 6) is 0.0692. The molecular weight excluding hydrogens is 188 g/mol. The van der Waals surface area contributed by atoms with Crippen LogP contribution in [0.5, 0.6) is 0 Å². The number of benzene rings is 1. The van der Waals surface area contributed by atoms with Crippen LogP contribution >= 0.6 is 0 Å². The summed E-state index contributed by atoms with van der Waals surface area (Å²) in [6, 6.07) is 7.55. The lowest BCUT2D eigenvalue weighted by molar-refractivity contribution is -0.119. The largest absolute Gasteiger partial charge is 0.361 e. The number of Topliss-reactive ketones (excluding diaryl/α,β-unsaturated/α-hetero) is 1. The third-order valence-electron chi connectivity index (χ3n) is 2.55. The predicted molar refractivity (Wildman–Crippen MR) is 60.7 cm³/mol. The molecule has 1 atom stereocenters. The third kappa shape index (κ3) is 1.92. The Kier molecular flexibility index (Phi) is 2.56. The number of H-pyrrole nitrogens is 1. The summed E-state index contributed by atoms with van der Waals surface area (Å²) in [7, 11) is 0. The molecule has 1 unspecified atom stereocenters. The van der Waals surface area contributed by atoms with Crippen LogP contribution < -0.4 is 5.73 Å². The molecule has 1 heterocycles. The van der Waals surface area contributed by atoms with E-state index >= 15 is 0 Å². The van der Waals surface area contributed by atoms with Crippen LogP contribution in [0, 0.1) is 0 Å². The van der Waals surface area contributed by atoms with Crippen LogP contribution in [0.15, 0.2) is 30.5 Å². The summed E-state index contributed by atoms with van der Waals surface area (Å²) in [5.41, 5.74) is 7.62. The summed E-state index contributed by atoms with van der Waals surface area (Å²) in [5, 5.41) is 1.10. The van der Waals surface area contributed by atoms with Crippen molar-refractivity contribution in [1.29, 1.82) is 0 Å². The smallest absolute Gasteiger partial charge is 0.153 e. The molecule has 0 aliphatic rings. The predicted octanol–water partition coefficient (Wildman–Crippen LogP) is 1.63. The SMILES string of the molecule is CC(N)C(=O)Cc1c[nH]c2ccccc12. The van der Waals surface area contributed by atoms with Crippen LogP contribution in [0.4, 0.5) is 0 Å². The number of hydrogen-bond donors (Lipinski definition) is 2. The molecule has 0 saturated heterocycles. The van der Waals surface area contributed by atoms with Crippen LogP contribution in [0.3, 0.4) is 0 Å². The Balaban J connectivity index is 2.33. The fraction of sp³-hybridized carbons (Fsp3) is 0.250. The van der Waals surface area contributed by atoms with Gasteiger partial charge in [-0.1, -0.05) is 18.2 Å². The van der Waals surface area contributed by atoms with Crippen LogP contribution in [-0.4, -0.2) is 16.8 Å². The molecule has 3 N–H and O–H groups in total. The van der Waals surface area contributed by atoms with Crippen molar-refractivity contribution in [3.63, 3.8) is 0 Å². The molecule has 2 aromatic rings. The monoisotopic (exact) mass is 202 g/mol. The Morgan fingerprint density at radius 1 is 1.47 bits per heavy atom. The number of hydrogen-bond acceptors (Lipinski definition) is 2. The van der Waals surface area contributed by atoms with Crippen molar-refractivity contribution in [2.75, 3.05) is 0 Å². The highest BCUT2D eigenvalue weighted by Crippen LogP contribution is 2.18. The number of aromatic nitrogens is 1. The van der Waals surface area contributed by atoms with Gasteiger partial charge in [-0.05, 0) is 18.6 Å². The molecule has 1 aromatic heterocycles. The maximum atomic E-state index is 11.5. The topological polar surface area (TPSA) is 58.9 Å². The van der Waals surface area contributed by atoms with Crippen molar-refractivity contribution in [1.82, 2.24) is 4.98 Å². The van der Waals surface area contributed by atoms with E-state index in [2.05, 4.69) is 4.98 Å². The van der Waals surface area contributed by atoms with E-state index in [0.717, 1.165) is 16.5 Å². The molecule has 0 bridgehead atoms. The Morgan fingerprint density at radius 3 is 2.93 bits per heavy atom. The van der Waals surface area contributed by atoms with Crippen LogP contribution in [0.25, 0.3) is 10.9 Å². The number of rotatable bonds is 3. The summed E-state index contributed by atoms with van der Waals surface area (Å²) in [6.45, 7) is 1.72. The molecule has 0 saturated carbocycles. The van der Waals surface area contributed by atoms with Gasteiger partial charge in [0.1, 0.15) is 0 Å². The number of aromatic amines is 1. The van der Waals surface area contributed by atoms with Gasteiger partial charge in [-0.15, -0.1) is 0 Å². The van der Waals surface area contributed by atoms with E-state index in [9.17, 15) is 4.79 Å². The van der Waals surface area contributed by atoms with E-state index < -0.39 is 6.04 Å². The summed E-state index contributed by atoms with van der Waals surface area (Å²) < 4.78 is 0. The van der Waals surface area contributed by atoms with Crippen molar-refractivity contribution in [3.05, 3.63) is 36.0 Å². The zero-order chi connectivity index (χ0) is 10.8. The average Bonchev–Trinajstić information content (AvgIpc) is 2.62. The molecule has 0 aliphatic carbocycles. The van der Waals surface area contributed by atoms with Crippen LogP contribution in [0.2, 0.25) is 0 Å². The zero-order valence-corrected chi connectivity index (χ0v) is 8.66. The lowest BCUT2D eigenvalue weighted by atomic mass is 10.0. The maximum Gasteiger partial charge on any atom is 0.153 e. The van der Waals surface area contributed by atoms with E-state index in [1.807, 2.05) is 30.5 Å². The van der Waals surface area contributed by atoms with Gasteiger partial charge in [-0.2, -0.15) is 0 Å². The second-order valence-corrected chi connectivity index (χ2v) is 3.79. The van der Waals surface area contributed by atoms with Crippen molar-refractivity contribution in [3.8, 4) is 0 Å². The molecule has 0 aliphatic heterocycles. The Hall–Kier alpha value is -1.61. The number of carbonyl (C=O) groups is 1. The molecule has 3 heteroatoms. The quantitative estimate of drug-likeness (QED) is 0.794. The standard InChI is InChI=1S/C12H14N2O/c1-8(13)12(15)6-9-7-14-11-5-3-2-4-10(9)11/h2-5,7-8,14H,6,13H2,1H3. The molecule has 0 amide bonds. The summed E-state index contributed by atoms with van der Waals surface area (Å²) in [4.78, 5) is 14.7. The minimum atomic E-state index is -0.390. The average molecular weight is 202 g/mol. The van der Waals surface area contributed by atoms with Gasteiger partial charge in [-0.25, -0.2) is 0 Å². The fourth-order valence-electron chi connectivity index (χ4n) is 1.63. The number of ketones is 1. The van der Waals surface area contributed by atoms with Gasteiger partial charge in [0.05, 0.1) is 6.04 Å². The van der Waals surface area contributed by atoms with Crippen molar-refractivity contribution in [2.45, 2.75) is 19.4 Å². The van der Waals surface area contributed by atoms with E-state index in [0.29, 0.717) is 6.42 Å². The minimum Gasteiger partial charge on any atom is -0.361 e. The van der Waals surface area contributed by atoms with E-state index in [-0.39, 0.29) is 5.78 Å². The molecule has 1 aromatic carbocycles. The maximum absolute atomic E-state index is 11.5. The first-order valence-corrected chi connectivity index (χ1v) is 5.02. The van der Waals surface area contributed by atoms with Gasteiger partial charge in [0, 0.05) is 23.5 Å². The summed E-state index contributed by atoms with van der Waals surface area (Å²) >= 11 is 0. The Bertz CT molecular complexity index is 485. The highest BCUT2D eigenvalue weighted by atomic mass is 16.1. The molecule has 0 radical (unpaired) electrons. The lowest BCUT2D eigenvalue weighted by Crippen LogP contribution is -2.27. The molecule has 3 nitrogen and oxygen atoms in total. The van der Waals surface area contributed by atoms with Gasteiger partial charge >= 0.3 is 0 Å². The van der Waals surface area contributed by atoms with Gasteiger partial charge < -0.3 is 10.7 Å². The first-order valence-electron chi connectivity index (χ1n) is 5.02. The van der Waals surface area contributed by atoms with Gasteiger partial charge in [-0.3, -0.25) is 4.79 Å². The molecule has 2 rings (SSSR count). The highest BCUT2D eigenvalue weighted by Gasteiger charge is 2.11. The van der Waals surface area contributed by atoms with Gasteiger partial charge in [0.25, 0.3) is 0 Å². The second-order valence-electron chi connectivity index (χ2n) is 3.79. The summed E-state index contributed by atoms with van der Waals surface area (Å²) in [6.07, 6.45) is 2.28. The van der Waals surface area contributed by atoms with Crippen LogP contribution in [-0.2, 0) is 11.2 Å². The number of fused-ring (bicyclic) bond motifs is 1. The van der Waals surface area contributed by atoms with Crippen molar-refractivity contribution in [2.24, 2.45) is 5.73 Å². The van der Waals surface area contributed by atoms with E-state index in [1.165, 1.54) is 0 Å². The zero-order valence-electron chi connectivity index (χ0n) is 8.66. The normalized spacial score (nSPS) is 12.9. The third-order valence-corrected chi connectivity index (χ3v) is 2.55. The number of nitrogens with one attached hydrogen (secondary N) is 1. The molecule has 0 fully saturated rings. The van der Waals surface area contributed by atoms with Gasteiger partial charge in [0.15, 0.2) is 5.78 Å². The van der Waals surface area contributed by atoms with Crippen molar-refractivity contribution >= 4 is 16.7 Å². The second kappa shape index (κ2) is 3.87. The number of carbonyl (C=O) groups excluding carboxylic acids is 1. The van der Waals surface area contributed by atoms with E-state index in [1.54, 1.807) is 6.92 Å². The van der Waals surface area contributed by atoms with E-state index in [4.69, 9.17) is 5.73 Å². The highest BCUT2D eigenvalue weighted by molar-refractivity contribution is 5.91. The van der Waals surface area contributed by atoms with Crippen molar-refractivity contribution < 1.29 is 4.79 Å². The first kappa shape index (κ1) is 9.93. The first-order chi connectivity index (χ1) is 7.18. The Labute approximate surface area is 88.3 Å². The molecular formula is C12H14N2O. The number of para-hydroxylation sites is 1. The number of nitrogens with two attached hydrogens (primary N) is 1. The fourth-order valence-corrected chi connectivity index (χ4v) is 1.63.